The number of hydrogen-bond donors (Lipinski definition) is 0. The predicted molar refractivity (Wildman–Crippen MR) is 72.6 cm³/mol. The summed E-state index contributed by atoms with van der Waals surface area (Å²) in [4.78, 5) is 11.5. The molecule has 1 aromatic carbocycles. The minimum atomic E-state index is 0.184. The number of nitrogens with zero attached hydrogens (tertiary/aromatic N) is 2. The molecule has 0 aliphatic rings. The van der Waals surface area contributed by atoms with Crippen LogP contribution in [0.4, 0.5) is 0 Å². The molecule has 0 saturated heterocycles. The quantitative estimate of drug-likeness (QED) is 0.751. The molecule has 0 amide bonds. The highest BCUT2D eigenvalue weighted by molar-refractivity contribution is 5.96. The van der Waals surface area contributed by atoms with Gasteiger partial charge in [0.1, 0.15) is 0 Å². The highest BCUT2D eigenvalue weighted by Crippen LogP contribution is 2.19. The van der Waals surface area contributed by atoms with E-state index in [-0.39, 0.29) is 5.78 Å². The summed E-state index contributed by atoms with van der Waals surface area (Å²) in [7, 11) is 0. The Morgan fingerprint density at radius 2 is 1.89 bits per heavy atom. The van der Waals surface area contributed by atoms with E-state index in [1.54, 1.807) is 0 Å². The van der Waals surface area contributed by atoms with Crippen LogP contribution in [0.25, 0.3) is 11.1 Å². The fraction of sp³-hybridized carbons (Fsp3) is 0.333. The van der Waals surface area contributed by atoms with Gasteiger partial charge in [0.05, 0.1) is 6.20 Å². The van der Waals surface area contributed by atoms with E-state index in [2.05, 4.69) is 12.0 Å². The first kappa shape index (κ1) is 12.6. The lowest BCUT2D eigenvalue weighted by molar-refractivity contribution is 0.0988. The standard InChI is InChI=1S/C15H18N2O/c1-3-9-17-11-14(10-16-17)12-5-7-13(8-6-12)15(18)4-2/h5-8,10-11H,3-4,9H2,1-2H3. The highest BCUT2D eigenvalue weighted by atomic mass is 16.1. The van der Waals surface area contributed by atoms with Crippen molar-refractivity contribution in [3.63, 3.8) is 0 Å². The number of benzene rings is 1. The molecule has 0 radical (unpaired) electrons. The van der Waals surface area contributed by atoms with Gasteiger partial charge in [-0.15, -0.1) is 0 Å². The molecule has 2 rings (SSSR count). The molecule has 0 saturated carbocycles. The first-order chi connectivity index (χ1) is 8.74. The Bertz CT molecular complexity index is 526. The largest absolute Gasteiger partial charge is 0.294 e. The van der Waals surface area contributed by atoms with Gasteiger partial charge in [0.15, 0.2) is 5.78 Å². The van der Waals surface area contributed by atoms with Crippen molar-refractivity contribution in [2.24, 2.45) is 0 Å². The molecule has 18 heavy (non-hydrogen) atoms. The van der Waals surface area contributed by atoms with E-state index in [9.17, 15) is 4.79 Å². The number of aryl methyl sites for hydroxylation is 1. The molecule has 0 bridgehead atoms. The van der Waals surface area contributed by atoms with Crippen LogP contribution in [-0.4, -0.2) is 15.6 Å². The van der Waals surface area contributed by atoms with Crippen LogP contribution < -0.4 is 0 Å². The van der Waals surface area contributed by atoms with Gasteiger partial charge in [0, 0.05) is 30.3 Å². The molecule has 2 aromatic rings. The number of aromatic nitrogens is 2. The third-order valence-electron chi connectivity index (χ3n) is 2.95. The summed E-state index contributed by atoms with van der Waals surface area (Å²) in [6.45, 7) is 4.95. The van der Waals surface area contributed by atoms with Crippen LogP contribution in [0.15, 0.2) is 36.7 Å². The fourth-order valence-electron chi connectivity index (χ4n) is 1.92. The molecular formula is C15H18N2O. The van der Waals surface area contributed by atoms with E-state index in [1.807, 2.05) is 48.3 Å². The van der Waals surface area contributed by atoms with Crippen LogP contribution in [0.2, 0.25) is 0 Å². The molecule has 0 atom stereocenters. The lowest BCUT2D eigenvalue weighted by Crippen LogP contribution is -1.96. The summed E-state index contributed by atoms with van der Waals surface area (Å²) in [6, 6.07) is 7.74. The minimum Gasteiger partial charge on any atom is -0.294 e. The van der Waals surface area contributed by atoms with E-state index >= 15 is 0 Å². The average molecular weight is 242 g/mol. The van der Waals surface area contributed by atoms with Crippen molar-refractivity contribution in [1.82, 2.24) is 9.78 Å². The zero-order valence-corrected chi connectivity index (χ0v) is 10.9. The predicted octanol–water partition coefficient (Wildman–Crippen LogP) is 3.55. The molecule has 94 valence electrons. The number of ketones is 1. The van der Waals surface area contributed by atoms with Gasteiger partial charge in [0.25, 0.3) is 0 Å². The lowest BCUT2D eigenvalue weighted by Gasteiger charge is -2.00. The van der Waals surface area contributed by atoms with Gasteiger partial charge in [-0.05, 0) is 12.0 Å². The van der Waals surface area contributed by atoms with Crippen LogP contribution in [-0.2, 0) is 6.54 Å². The molecule has 0 unspecified atom stereocenters. The Kier molecular flexibility index (Phi) is 3.92. The zero-order valence-electron chi connectivity index (χ0n) is 10.9. The second-order valence-electron chi connectivity index (χ2n) is 4.35. The summed E-state index contributed by atoms with van der Waals surface area (Å²) in [5.41, 5.74) is 2.98. The van der Waals surface area contributed by atoms with Gasteiger partial charge in [-0.25, -0.2) is 0 Å². The van der Waals surface area contributed by atoms with E-state index in [0.29, 0.717) is 6.42 Å². The number of carbonyl (C=O) groups is 1. The molecule has 3 heteroatoms. The maximum absolute atomic E-state index is 11.5. The van der Waals surface area contributed by atoms with E-state index in [0.717, 1.165) is 29.7 Å². The van der Waals surface area contributed by atoms with Crippen LogP contribution in [0.1, 0.15) is 37.0 Å². The van der Waals surface area contributed by atoms with E-state index in [1.165, 1.54) is 0 Å². The number of carbonyl (C=O) groups excluding carboxylic acids is 1. The summed E-state index contributed by atoms with van der Waals surface area (Å²) < 4.78 is 1.94. The van der Waals surface area contributed by atoms with Crippen molar-refractivity contribution in [1.29, 1.82) is 0 Å². The van der Waals surface area contributed by atoms with Crippen molar-refractivity contribution < 1.29 is 4.79 Å². The molecule has 0 aliphatic carbocycles. The number of hydrogen-bond acceptors (Lipinski definition) is 2. The van der Waals surface area contributed by atoms with Crippen LogP contribution in [0.5, 0.6) is 0 Å². The summed E-state index contributed by atoms with van der Waals surface area (Å²) in [5, 5.41) is 4.31. The van der Waals surface area contributed by atoms with Crippen molar-refractivity contribution in [3.8, 4) is 11.1 Å². The maximum Gasteiger partial charge on any atom is 0.162 e. The smallest absolute Gasteiger partial charge is 0.162 e. The molecule has 3 nitrogen and oxygen atoms in total. The number of rotatable bonds is 5. The third kappa shape index (κ3) is 2.67. The zero-order chi connectivity index (χ0) is 13.0. The molecule has 0 spiro atoms. The SMILES string of the molecule is CCCn1cc(-c2ccc(C(=O)CC)cc2)cn1. The number of Topliss-reactive ketones (excluding diaryl/α,β-unsaturated/α-hetero) is 1. The van der Waals surface area contributed by atoms with Gasteiger partial charge in [0.2, 0.25) is 0 Å². The van der Waals surface area contributed by atoms with E-state index in [4.69, 9.17) is 0 Å². The Balaban J connectivity index is 2.20. The Morgan fingerprint density at radius 1 is 1.17 bits per heavy atom. The first-order valence-electron chi connectivity index (χ1n) is 6.40. The van der Waals surface area contributed by atoms with Crippen molar-refractivity contribution in [2.45, 2.75) is 33.2 Å². The fourth-order valence-corrected chi connectivity index (χ4v) is 1.92. The van der Waals surface area contributed by atoms with Crippen molar-refractivity contribution in [2.75, 3.05) is 0 Å². The van der Waals surface area contributed by atoms with Gasteiger partial charge < -0.3 is 0 Å². The normalized spacial score (nSPS) is 10.6. The highest BCUT2D eigenvalue weighted by Gasteiger charge is 2.05. The molecule has 0 N–H and O–H groups in total. The van der Waals surface area contributed by atoms with E-state index < -0.39 is 0 Å². The minimum absolute atomic E-state index is 0.184. The lowest BCUT2D eigenvalue weighted by atomic mass is 10.0. The van der Waals surface area contributed by atoms with Gasteiger partial charge >= 0.3 is 0 Å². The summed E-state index contributed by atoms with van der Waals surface area (Å²) >= 11 is 0. The van der Waals surface area contributed by atoms with Crippen molar-refractivity contribution >= 4 is 5.78 Å². The molecule has 0 aliphatic heterocycles. The van der Waals surface area contributed by atoms with Crippen LogP contribution >= 0.6 is 0 Å². The second kappa shape index (κ2) is 5.63. The topological polar surface area (TPSA) is 34.9 Å². The summed E-state index contributed by atoms with van der Waals surface area (Å²) in [5.74, 6) is 0.184. The second-order valence-corrected chi connectivity index (χ2v) is 4.35. The summed E-state index contributed by atoms with van der Waals surface area (Å²) in [6.07, 6.45) is 5.53. The van der Waals surface area contributed by atoms with Gasteiger partial charge in [-0.2, -0.15) is 5.10 Å². The van der Waals surface area contributed by atoms with Crippen molar-refractivity contribution in [3.05, 3.63) is 42.2 Å². The molecule has 1 aromatic heterocycles. The maximum atomic E-state index is 11.5. The monoisotopic (exact) mass is 242 g/mol. The Hall–Kier alpha value is -1.90. The van der Waals surface area contributed by atoms with Gasteiger partial charge in [-0.3, -0.25) is 9.48 Å². The molecule has 1 heterocycles. The Morgan fingerprint density at radius 3 is 2.50 bits per heavy atom. The Labute approximate surface area is 107 Å². The molecular weight excluding hydrogens is 224 g/mol. The molecule has 0 fully saturated rings. The van der Waals surface area contributed by atoms with Gasteiger partial charge in [-0.1, -0.05) is 38.1 Å². The average Bonchev–Trinajstić information content (AvgIpc) is 2.87. The van der Waals surface area contributed by atoms with Crippen LogP contribution in [0.3, 0.4) is 0 Å². The third-order valence-corrected chi connectivity index (χ3v) is 2.95. The first-order valence-corrected chi connectivity index (χ1v) is 6.40. The van der Waals surface area contributed by atoms with Crippen LogP contribution in [0, 0.1) is 0 Å².